The molecule has 0 bridgehead atoms. The Morgan fingerprint density at radius 3 is 1.51 bits per heavy atom. The molecule has 51 heavy (non-hydrogen) atoms. The molecular formula is C45H27N5O. The van der Waals surface area contributed by atoms with Crippen molar-refractivity contribution in [1.82, 2.24) is 24.1 Å². The summed E-state index contributed by atoms with van der Waals surface area (Å²) < 4.78 is 10.8. The van der Waals surface area contributed by atoms with Crippen molar-refractivity contribution in [2.24, 2.45) is 0 Å². The molecule has 0 saturated heterocycles. The second-order valence-corrected chi connectivity index (χ2v) is 12.8. The van der Waals surface area contributed by atoms with Crippen LogP contribution < -0.4 is 0 Å². The molecule has 0 fully saturated rings. The molecule has 0 spiro atoms. The quantitative estimate of drug-likeness (QED) is 0.190. The van der Waals surface area contributed by atoms with E-state index in [9.17, 15) is 0 Å². The average Bonchev–Trinajstić information content (AvgIpc) is 3.85. The molecule has 4 heterocycles. The number of benzene rings is 7. The van der Waals surface area contributed by atoms with Gasteiger partial charge in [0.2, 0.25) is 5.95 Å². The Hall–Kier alpha value is -7.05. The SMILES string of the molecule is c1ccc(-n2c3ccccc3c3ccccc32)c(-c2nc(-c3ccc4c(c3)oc3ccccc34)nc(-n3c4ccccc4c4ccccc43)n2)c1. The second-order valence-electron chi connectivity index (χ2n) is 12.8. The zero-order valence-electron chi connectivity index (χ0n) is 27.2. The average molecular weight is 654 g/mol. The summed E-state index contributed by atoms with van der Waals surface area (Å²) in [6, 6.07) is 56.7. The van der Waals surface area contributed by atoms with Crippen molar-refractivity contribution in [1.29, 1.82) is 0 Å². The van der Waals surface area contributed by atoms with Gasteiger partial charge in [-0.2, -0.15) is 9.97 Å². The first-order chi connectivity index (χ1) is 25.3. The minimum Gasteiger partial charge on any atom is -0.456 e. The van der Waals surface area contributed by atoms with Gasteiger partial charge in [0, 0.05) is 43.4 Å². The molecule has 11 aromatic rings. The Morgan fingerprint density at radius 1 is 0.373 bits per heavy atom. The summed E-state index contributed by atoms with van der Waals surface area (Å²) in [5, 5.41) is 6.83. The number of para-hydroxylation sites is 6. The lowest BCUT2D eigenvalue weighted by Gasteiger charge is -2.15. The zero-order chi connectivity index (χ0) is 33.5. The normalized spacial score (nSPS) is 11.9. The molecule has 0 aliphatic carbocycles. The highest BCUT2D eigenvalue weighted by Gasteiger charge is 2.21. The molecule has 0 aliphatic heterocycles. The van der Waals surface area contributed by atoms with Crippen molar-refractivity contribution in [3.63, 3.8) is 0 Å². The number of fused-ring (bicyclic) bond motifs is 9. The number of aromatic nitrogens is 5. The molecule has 11 rings (SSSR count). The van der Waals surface area contributed by atoms with Crippen LogP contribution in [0.15, 0.2) is 168 Å². The van der Waals surface area contributed by atoms with Crippen LogP contribution in [0.3, 0.4) is 0 Å². The summed E-state index contributed by atoms with van der Waals surface area (Å²) in [5.74, 6) is 1.70. The summed E-state index contributed by atoms with van der Waals surface area (Å²) in [6.07, 6.45) is 0. The van der Waals surface area contributed by atoms with Crippen molar-refractivity contribution in [3.05, 3.63) is 164 Å². The monoisotopic (exact) mass is 653 g/mol. The molecule has 0 saturated carbocycles. The van der Waals surface area contributed by atoms with Gasteiger partial charge in [-0.05, 0) is 54.6 Å². The zero-order valence-corrected chi connectivity index (χ0v) is 27.2. The van der Waals surface area contributed by atoms with E-state index in [0.29, 0.717) is 17.6 Å². The minimum absolute atomic E-state index is 0.550. The Bertz CT molecular complexity index is 3060. The summed E-state index contributed by atoms with van der Waals surface area (Å²) in [6.45, 7) is 0. The summed E-state index contributed by atoms with van der Waals surface area (Å²) in [5.41, 5.74) is 8.70. The van der Waals surface area contributed by atoms with Gasteiger partial charge in [0.15, 0.2) is 11.6 Å². The molecule has 0 radical (unpaired) electrons. The third-order valence-electron chi connectivity index (χ3n) is 10.0. The first-order valence-corrected chi connectivity index (χ1v) is 17.0. The fourth-order valence-corrected chi connectivity index (χ4v) is 7.76. The molecule has 238 valence electrons. The maximum absolute atomic E-state index is 6.32. The van der Waals surface area contributed by atoms with Gasteiger partial charge in [-0.3, -0.25) is 4.57 Å². The maximum atomic E-state index is 6.32. The van der Waals surface area contributed by atoms with Crippen LogP contribution in [0.1, 0.15) is 0 Å². The molecule has 4 aromatic heterocycles. The van der Waals surface area contributed by atoms with E-state index in [-0.39, 0.29) is 0 Å². The van der Waals surface area contributed by atoms with Crippen molar-refractivity contribution in [2.75, 3.05) is 0 Å². The summed E-state index contributed by atoms with van der Waals surface area (Å²) >= 11 is 0. The Kier molecular flexibility index (Phi) is 5.86. The highest BCUT2D eigenvalue weighted by Crippen LogP contribution is 2.38. The van der Waals surface area contributed by atoms with Gasteiger partial charge in [-0.25, -0.2) is 4.98 Å². The van der Waals surface area contributed by atoms with Crippen LogP contribution in [0.2, 0.25) is 0 Å². The lowest BCUT2D eigenvalue weighted by Crippen LogP contribution is -2.07. The van der Waals surface area contributed by atoms with Gasteiger partial charge in [0.1, 0.15) is 11.2 Å². The second kappa shape index (κ2) is 10.7. The number of rotatable bonds is 4. The van der Waals surface area contributed by atoms with Crippen molar-refractivity contribution in [3.8, 4) is 34.4 Å². The predicted octanol–water partition coefficient (Wildman–Crippen LogP) is 11.3. The molecule has 0 unspecified atom stereocenters. The molecule has 7 aromatic carbocycles. The van der Waals surface area contributed by atoms with Crippen molar-refractivity contribution >= 4 is 65.6 Å². The standard InChI is InChI=1S/C45H27N5O/c1-7-19-36-29(13-1)30-14-2-8-20-37(30)49(36)40-23-11-5-18-35(40)44-46-43(28-25-26-34-33-17-6-12-24-41(33)51-42(34)27-28)47-45(48-44)50-38-21-9-3-15-31(38)32-16-4-10-22-39(32)50/h1-27H. The van der Waals surface area contributed by atoms with Crippen LogP contribution in [0.25, 0.3) is 100.0 Å². The topological polar surface area (TPSA) is 61.7 Å². The molecular weight excluding hydrogens is 627 g/mol. The number of hydrogen-bond acceptors (Lipinski definition) is 4. The molecule has 0 amide bonds. The lowest BCUT2D eigenvalue weighted by molar-refractivity contribution is 0.669. The first kappa shape index (κ1) is 27.9. The van der Waals surface area contributed by atoms with E-state index in [1.54, 1.807) is 0 Å². The van der Waals surface area contributed by atoms with Gasteiger partial charge in [-0.1, -0.05) is 109 Å². The number of furan rings is 1. The van der Waals surface area contributed by atoms with E-state index in [4.69, 9.17) is 19.4 Å². The molecule has 0 atom stereocenters. The molecule has 6 nitrogen and oxygen atoms in total. The Labute approximate surface area is 291 Å². The number of nitrogens with zero attached hydrogens (tertiary/aromatic N) is 5. The van der Waals surface area contributed by atoms with Crippen molar-refractivity contribution < 1.29 is 4.42 Å². The van der Waals surface area contributed by atoms with Gasteiger partial charge in [0.25, 0.3) is 0 Å². The van der Waals surface area contributed by atoms with Crippen LogP contribution in [0.4, 0.5) is 0 Å². The molecule has 0 N–H and O–H groups in total. The van der Waals surface area contributed by atoms with E-state index in [1.807, 2.05) is 24.3 Å². The third-order valence-corrected chi connectivity index (χ3v) is 10.0. The third kappa shape index (κ3) is 4.14. The molecule has 0 aliphatic rings. The lowest BCUT2D eigenvalue weighted by atomic mass is 10.1. The van der Waals surface area contributed by atoms with Crippen LogP contribution in [-0.2, 0) is 0 Å². The van der Waals surface area contributed by atoms with Crippen LogP contribution in [0.5, 0.6) is 0 Å². The minimum atomic E-state index is 0.550. The van der Waals surface area contributed by atoms with Crippen molar-refractivity contribution in [2.45, 2.75) is 0 Å². The van der Waals surface area contributed by atoms with E-state index in [1.165, 1.54) is 10.8 Å². The van der Waals surface area contributed by atoms with Gasteiger partial charge in [-0.15, -0.1) is 0 Å². The fraction of sp³-hybridized carbons (Fsp3) is 0. The highest BCUT2D eigenvalue weighted by atomic mass is 16.3. The Balaban J connectivity index is 1.21. The maximum Gasteiger partial charge on any atom is 0.238 e. The van der Waals surface area contributed by atoms with E-state index < -0.39 is 0 Å². The Morgan fingerprint density at radius 2 is 0.863 bits per heavy atom. The summed E-state index contributed by atoms with van der Waals surface area (Å²) in [7, 11) is 0. The van der Waals surface area contributed by atoms with E-state index in [0.717, 1.165) is 71.6 Å². The van der Waals surface area contributed by atoms with Gasteiger partial charge < -0.3 is 8.98 Å². The predicted molar refractivity (Wildman–Crippen MR) is 207 cm³/mol. The van der Waals surface area contributed by atoms with Crippen LogP contribution >= 0.6 is 0 Å². The van der Waals surface area contributed by atoms with Crippen LogP contribution in [-0.4, -0.2) is 24.1 Å². The van der Waals surface area contributed by atoms with Crippen LogP contribution in [0, 0.1) is 0 Å². The van der Waals surface area contributed by atoms with E-state index in [2.05, 4.69) is 149 Å². The fourth-order valence-electron chi connectivity index (χ4n) is 7.76. The summed E-state index contributed by atoms with van der Waals surface area (Å²) in [4.78, 5) is 15.8. The van der Waals surface area contributed by atoms with E-state index >= 15 is 0 Å². The first-order valence-electron chi connectivity index (χ1n) is 17.0. The smallest absolute Gasteiger partial charge is 0.238 e. The molecule has 6 heteroatoms. The van der Waals surface area contributed by atoms with Gasteiger partial charge >= 0.3 is 0 Å². The largest absolute Gasteiger partial charge is 0.456 e. The number of hydrogen-bond donors (Lipinski definition) is 0. The van der Waals surface area contributed by atoms with Gasteiger partial charge in [0.05, 0.1) is 27.8 Å². The highest BCUT2D eigenvalue weighted by molar-refractivity contribution is 6.10.